The lowest BCUT2D eigenvalue weighted by Crippen LogP contribution is -2.23. The number of esters is 1. The van der Waals surface area contributed by atoms with Crippen molar-refractivity contribution in [1.29, 1.82) is 0 Å². The molecule has 0 radical (unpaired) electrons. The normalized spacial score (nSPS) is 11.3. The first-order chi connectivity index (χ1) is 12.7. The molecule has 0 aliphatic carbocycles. The van der Waals surface area contributed by atoms with Gasteiger partial charge in [-0.05, 0) is 36.8 Å². The monoisotopic (exact) mass is 391 g/mol. The van der Waals surface area contributed by atoms with E-state index in [4.69, 9.17) is 9.47 Å². The predicted octanol–water partition coefficient (Wildman–Crippen LogP) is 2.29. The van der Waals surface area contributed by atoms with Gasteiger partial charge in [-0.1, -0.05) is 18.2 Å². The van der Waals surface area contributed by atoms with Gasteiger partial charge in [0.1, 0.15) is 5.75 Å². The van der Waals surface area contributed by atoms with Crippen molar-refractivity contribution in [2.75, 3.05) is 27.8 Å². The summed E-state index contributed by atoms with van der Waals surface area (Å²) >= 11 is 0. The Balaban J connectivity index is 2.20. The van der Waals surface area contributed by atoms with Crippen LogP contribution in [0.4, 0.5) is 0 Å². The molecule has 0 bridgehead atoms. The molecule has 144 valence electrons. The predicted molar refractivity (Wildman–Crippen MR) is 99.7 cm³/mol. The highest BCUT2D eigenvalue weighted by Gasteiger charge is 2.21. The maximum absolute atomic E-state index is 12.4. The van der Waals surface area contributed by atoms with E-state index >= 15 is 0 Å². The lowest BCUT2D eigenvalue weighted by atomic mass is 10.1. The number of carbonyl (C=O) groups excluding carboxylic acids is 2. The highest BCUT2D eigenvalue weighted by Crippen LogP contribution is 2.20. The van der Waals surface area contributed by atoms with Gasteiger partial charge in [-0.15, -0.1) is 0 Å². The van der Waals surface area contributed by atoms with Crippen molar-refractivity contribution in [3.05, 3.63) is 59.2 Å². The number of carbonyl (C=O) groups is 2. The second-order valence-electron chi connectivity index (χ2n) is 5.96. The van der Waals surface area contributed by atoms with Crippen LogP contribution in [0.5, 0.6) is 5.75 Å². The zero-order valence-corrected chi connectivity index (χ0v) is 16.4. The van der Waals surface area contributed by atoms with Crippen LogP contribution in [0.2, 0.25) is 0 Å². The third kappa shape index (κ3) is 4.53. The Hall–Kier alpha value is -2.71. The summed E-state index contributed by atoms with van der Waals surface area (Å²) in [5.41, 5.74) is 0.932. The highest BCUT2D eigenvalue weighted by atomic mass is 32.2. The van der Waals surface area contributed by atoms with Gasteiger partial charge >= 0.3 is 5.97 Å². The largest absolute Gasteiger partial charge is 0.496 e. The van der Waals surface area contributed by atoms with Crippen molar-refractivity contribution in [2.45, 2.75) is 11.8 Å². The molecule has 8 heteroatoms. The van der Waals surface area contributed by atoms with E-state index in [9.17, 15) is 18.0 Å². The van der Waals surface area contributed by atoms with Crippen molar-refractivity contribution in [3.63, 3.8) is 0 Å². The zero-order valence-electron chi connectivity index (χ0n) is 15.6. The Kier molecular flexibility index (Phi) is 6.35. The average molecular weight is 391 g/mol. The van der Waals surface area contributed by atoms with E-state index in [0.717, 1.165) is 4.31 Å². The summed E-state index contributed by atoms with van der Waals surface area (Å²) < 4.78 is 35.8. The Morgan fingerprint density at radius 1 is 1.04 bits per heavy atom. The van der Waals surface area contributed by atoms with Crippen LogP contribution < -0.4 is 4.74 Å². The molecular formula is C19H21NO6S. The standard InChI is InChI=1S/C19H21NO6S/c1-13-9-10-14(27(23,24)20(2)3)11-16(13)19(22)26-12-17(21)15-7-5-6-8-18(15)25-4/h5-11H,12H2,1-4H3. The summed E-state index contributed by atoms with van der Waals surface area (Å²) in [5.74, 6) is -0.809. The molecule has 0 saturated carbocycles. The van der Waals surface area contributed by atoms with Crippen LogP contribution in [0.15, 0.2) is 47.4 Å². The van der Waals surface area contributed by atoms with Gasteiger partial charge in [-0.25, -0.2) is 17.5 Å². The minimum atomic E-state index is -3.69. The van der Waals surface area contributed by atoms with Crippen LogP contribution in [0.25, 0.3) is 0 Å². The molecule has 0 aliphatic heterocycles. The van der Waals surface area contributed by atoms with E-state index in [2.05, 4.69) is 0 Å². The topological polar surface area (TPSA) is 90.0 Å². The molecule has 2 aromatic rings. The van der Waals surface area contributed by atoms with Crippen LogP contribution in [0.1, 0.15) is 26.3 Å². The molecule has 0 saturated heterocycles. The van der Waals surface area contributed by atoms with Gasteiger partial charge in [0.05, 0.1) is 23.1 Å². The van der Waals surface area contributed by atoms with Gasteiger partial charge in [-0.3, -0.25) is 4.79 Å². The molecule has 0 spiro atoms. The molecule has 0 aliphatic rings. The molecule has 0 atom stereocenters. The van der Waals surface area contributed by atoms with Crippen LogP contribution in [-0.2, 0) is 14.8 Å². The number of ether oxygens (including phenoxy) is 2. The van der Waals surface area contributed by atoms with Crippen LogP contribution >= 0.6 is 0 Å². The quantitative estimate of drug-likeness (QED) is 0.531. The number of hydrogen-bond donors (Lipinski definition) is 0. The number of benzene rings is 2. The summed E-state index contributed by atoms with van der Waals surface area (Å²) in [5, 5.41) is 0. The third-order valence-electron chi connectivity index (χ3n) is 3.95. The molecule has 0 N–H and O–H groups in total. The molecule has 0 aromatic heterocycles. The van der Waals surface area contributed by atoms with Gasteiger partial charge in [0, 0.05) is 14.1 Å². The fraction of sp³-hybridized carbons (Fsp3) is 0.263. The number of para-hydroxylation sites is 1. The number of sulfonamides is 1. The first kappa shape index (κ1) is 20.6. The van der Waals surface area contributed by atoms with Gasteiger partial charge in [-0.2, -0.15) is 0 Å². The average Bonchev–Trinajstić information content (AvgIpc) is 2.65. The number of aryl methyl sites for hydroxylation is 1. The third-order valence-corrected chi connectivity index (χ3v) is 5.76. The molecule has 0 fully saturated rings. The summed E-state index contributed by atoms with van der Waals surface area (Å²) in [6.45, 7) is 1.17. The van der Waals surface area contributed by atoms with Gasteiger partial charge in [0.15, 0.2) is 6.61 Å². The number of ketones is 1. The fourth-order valence-electron chi connectivity index (χ4n) is 2.35. The fourth-order valence-corrected chi connectivity index (χ4v) is 3.28. The van der Waals surface area contributed by atoms with E-state index in [1.54, 1.807) is 31.2 Å². The zero-order chi connectivity index (χ0) is 20.2. The van der Waals surface area contributed by atoms with Gasteiger partial charge in [0.2, 0.25) is 15.8 Å². The molecule has 2 rings (SSSR count). The van der Waals surface area contributed by atoms with Crippen molar-refractivity contribution in [3.8, 4) is 5.75 Å². The van der Waals surface area contributed by atoms with E-state index < -0.39 is 28.4 Å². The van der Waals surface area contributed by atoms with Crippen molar-refractivity contribution in [1.82, 2.24) is 4.31 Å². The number of hydrogen-bond acceptors (Lipinski definition) is 6. The second kappa shape index (κ2) is 8.32. The van der Waals surface area contributed by atoms with E-state index in [-0.39, 0.29) is 10.5 Å². The SMILES string of the molecule is COc1ccccc1C(=O)COC(=O)c1cc(S(=O)(=O)N(C)C)ccc1C. The summed E-state index contributed by atoms with van der Waals surface area (Å²) in [4.78, 5) is 24.7. The first-order valence-corrected chi connectivity index (χ1v) is 9.49. The Bertz CT molecular complexity index is 966. The lowest BCUT2D eigenvalue weighted by Gasteiger charge is -2.13. The van der Waals surface area contributed by atoms with Crippen molar-refractivity contribution in [2.24, 2.45) is 0 Å². The van der Waals surface area contributed by atoms with E-state index in [1.807, 2.05) is 0 Å². The Morgan fingerprint density at radius 2 is 1.70 bits per heavy atom. The summed E-state index contributed by atoms with van der Waals surface area (Å²) in [6.07, 6.45) is 0. The number of Topliss-reactive ketones (excluding diaryl/α,β-unsaturated/α-hetero) is 1. The van der Waals surface area contributed by atoms with Crippen molar-refractivity contribution >= 4 is 21.8 Å². The molecule has 27 heavy (non-hydrogen) atoms. The van der Waals surface area contributed by atoms with E-state index in [0.29, 0.717) is 16.9 Å². The van der Waals surface area contributed by atoms with Gasteiger partial charge in [0.25, 0.3) is 0 Å². The maximum Gasteiger partial charge on any atom is 0.338 e. The first-order valence-electron chi connectivity index (χ1n) is 8.05. The molecule has 0 amide bonds. The summed E-state index contributed by atoms with van der Waals surface area (Å²) in [6, 6.07) is 10.8. The van der Waals surface area contributed by atoms with Crippen LogP contribution in [0, 0.1) is 6.92 Å². The molecule has 2 aromatic carbocycles. The Labute approximate surface area is 158 Å². The molecule has 7 nitrogen and oxygen atoms in total. The lowest BCUT2D eigenvalue weighted by molar-refractivity contribution is 0.0473. The molecular weight excluding hydrogens is 370 g/mol. The summed E-state index contributed by atoms with van der Waals surface area (Å²) in [7, 11) is 0.556. The minimum Gasteiger partial charge on any atom is -0.496 e. The minimum absolute atomic E-state index is 0.0268. The molecule has 0 heterocycles. The van der Waals surface area contributed by atoms with Crippen molar-refractivity contribution < 1.29 is 27.5 Å². The van der Waals surface area contributed by atoms with Crippen LogP contribution in [-0.4, -0.2) is 52.3 Å². The number of nitrogens with zero attached hydrogens (tertiary/aromatic N) is 1. The van der Waals surface area contributed by atoms with E-state index in [1.165, 1.54) is 39.4 Å². The van der Waals surface area contributed by atoms with Crippen LogP contribution in [0.3, 0.4) is 0 Å². The highest BCUT2D eigenvalue weighted by molar-refractivity contribution is 7.89. The smallest absolute Gasteiger partial charge is 0.338 e. The second-order valence-corrected chi connectivity index (χ2v) is 8.12. The van der Waals surface area contributed by atoms with Gasteiger partial charge < -0.3 is 9.47 Å². The number of methoxy groups -OCH3 is 1. The maximum atomic E-state index is 12.4. The Morgan fingerprint density at radius 3 is 2.33 bits per heavy atom. The molecule has 0 unspecified atom stereocenters. The number of rotatable bonds is 7.